The van der Waals surface area contributed by atoms with Gasteiger partial charge in [-0.1, -0.05) is 30.3 Å². The number of Topliss-reactive ketones (excluding diaryl/α,β-unsaturated/α-hetero) is 1. The summed E-state index contributed by atoms with van der Waals surface area (Å²) in [5.41, 5.74) is 5.81. The summed E-state index contributed by atoms with van der Waals surface area (Å²) in [6.07, 6.45) is 11.7. The second-order valence-electron chi connectivity index (χ2n) is 10.3. The molecular formula is C27H28FN5O. The van der Waals surface area contributed by atoms with Crippen LogP contribution in [0.3, 0.4) is 0 Å². The maximum absolute atomic E-state index is 13.9. The average Bonchev–Trinajstić information content (AvgIpc) is 3.49. The van der Waals surface area contributed by atoms with E-state index in [1.54, 1.807) is 6.07 Å². The van der Waals surface area contributed by atoms with E-state index in [0.717, 1.165) is 43.2 Å². The molecule has 3 aromatic rings. The molecule has 3 aliphatic carbocycles. The van der Waals surface area contributed by atoms with Crippen LogP contribution in [-0.2, 0) is 12.8 Å². The van der Waals surface area contributed by atoms with Crippen molar-refractivity contribution in [1.82, 2.24) is 25.6 Å². The van der Waals surface area contributed by atoms with Crippen molar-refractivity contribution in [2.24, 2.45) is 17.3 Å². The molecule has 0 unspecified atom stereocenters. The fourth-order valence-corrected chi connectivity index (χ4v) is 6.99. The molecule has 1 saturated carbocycles. The summed E-state index contributed by atoms with van der Waals surface area (Å²) in [5.74, 6) is 2.13. The Kier molecular flexibility index (Phi) is 5.15. The van der Waals surface area contributed by atoms with Gasteiger partial charge in [0.25, 0.3) is 0 Å². The molecule has 7 heteroatoms. The van der Waals surface area contributed by atoms with E-state index < -0.39 is 0 Å². The highest BCUT2D eigenvalue weighted by Gasteiger charge is 2.52. The number of rotatable bonds is 5. The molecule has 0 radical (unpaired) electrons. The molecule has 1 aromatic carbocycles. The van der Waals surface area contributed by atoms with Gasteiger partial charge in [-0.15, -0.1) is 10.2 Å². The second-order valence-corrected chi connectivity index (χ2v) is 10.3. The summed E-state index contributed by atoms with van der Waals surface area (Å²) >= 11 is 0. The lowest BCUT2D eigenvalue weighted by Gasteiger charge is -2.50. The Labute approximate surface area is 198 Å². The summed E-state index contributed by atoms with van der Waals surface area (Å²) in [4.78, 5) is 16.9. The minimum atomic E-state index is -0.270. The fourth-order valence-electron chi connectivity index (χ4n) is 6.99. The van der Waals surface area contributed by atoms with Gasteiger partial charge in [-0.05, 0) is 89.7 Å². The second kappa shape index (κ2) is 8.22. The highest BCUT2D eigenvalue weighted by molar-refractivity contribution is 5.96. The Balaban J connectivity index is 1.21. The van der Waals surface area contributed by atoms with Gasteiger partial charge in [0, 0.05) is 24.6 Å². The molecule has 2 aromatic heterocycles. The molecule has 0 aliphatic heterocycles. The van der Waals surface area contributed by atoms with Gasteiger partial charge in [0.05, 0.1) is 6.20 Å². The molecule has 0 amide bonds. The molecule has 4 atom stereocenters. The van der Waals surface area contributed by atoms with Gasteiger partial charge < -0.3 is 0 Å². The van der Waals surface area contributed by atoms with E-state index in [1.807, 2.05) is 12.3 Å². The van der Waals surface area contributed by atoms with Crippen molar-refractivity contribution >= 4 is 11.4 Å². The molecular weight excluding hydrogens is 429 g/mol. The number of carbonyl (C=O) groups excluding carboxylic acids is 1. The molecule has 6 rings (SSSR count). The van der Waals surface area contributed by atoms with Gasteiger partial charge >= 0.3 is 0 Å². The highest BCUT2D eigenvalue weighted by Crippen LogP contribution is 2.63. The van der Waals surface area contributed by atoms with Crippen molar-refractivity contribution in [1.29, 1.82) is 0 Å². The lowest BCUT2D eigenvalue weighted by molar-refractivity contribution is 0.0884. The number of nitrogens with zero attached hydrogens (tertiary/aromatic N) is 4. The topological polar surface area (TPSA) is 84.4 Å². The number of pyridine rings is 1. The Morgan fingerprint density at radius 1 is 1.24 bits per heavy atom. The zero-order valence-electron chi connectivity index (χ0n) is 19.3. The molecule has 6 nitrogen and oxygen atoms in total. The van der Waals surface area contributed by atoms with Gasteiger partial charge in [-0.25, -0.2) is 4.39 Å². The third-order valence-electron chi connectivity index (χ3n) is 8.61. The van der Waals surface area contributed by atoms with Crippen LogP contribution in [-0.4, -0.2) is 31.4 Å². The molecule has 2 heterocycles. The van der Waals surface area contributed by atoms with Crippen molar-refractivity contribution in [3.63, 3.8) is 0 Å². The SMILES string of the molecule is C[C@]12CC[C@@H]3c4ccc(C(=O)CCc5nn[nH]n5)cc4CC[C@H]3[C@@H]1CC=C2c1cncc(F)c1. The van der Waals surface area contributed by atoms with Gasteiger partial charge in [0.1, 0.15) is 5.82 Å². The number of halogens is 1. The number of aryl methyl sites for hydroxylation is 2. The Morgan fingerprint density at radius 2 is 2.15 bits per heavy atom. The molecule has 0 spiro atoms. The predicted molar refractivity (Wildman–Crippen MR) is 125 cm³/mol. The van der Waals surface area contributed by atoms with Crippen LogP contribution in [0.1, 0.15) is 77.8 Å². The van der Waals surface area contributed by atoms with Gasteiger partial charge in [-0.3, -0.25) is 9.78 Å². The Bertz CT molecular complexity index is 1270. The quantitative estimate of drug-likeness (QED) is 0.539. The summed E-state index contributed by atoms with van der Waals surface area (Å²) in [5, 5.41) is 13.8. The standard InChI is InChI=1S/C27H28FN5O/c1-27-11-10-21-20-4-3-17(25(34)8-9-26-30-32-33-31-26)12-16(20)2-5-22(21)24(27)7-6-23(27)18-13-19(28)15-29-14-18/h3-4,6,12-15,21-22,24H,2,5,7-11H2,1H3,(H,30,31,32,33)/t21-,22-,24+,27-/m1/s1. The zero-order valence-corrected chi connectivity index (χ0v) is 19.3. The maximum atomic E-state index is 13.9. The Hall–Kier alpha value is -3.22. The minimum absolute atomic E-state index is 0.0687. The monoisotopic (exact) mass is 457 g/mol. The number of tetrazole rings is 1. The van der Waals surface area contributed by atoms with Crippen LogP contribution in [0.5, 0.6) is 0 Å². The molecule has 3 aliphatic rings. The summed E-state index contributed by atoms with van der Waals surface area (Å²) < 4.78 is 13.9. The fraction of sp³-hybridized carbons (Fsp3) is 0.444. The van der Waals surface area contributed by atoms with E-state index in [9.17, 15) is 9.18 Å². The van der Waals surface area contributed by atoms with E-state index >= 15 is 0 Å². The number of nitrogens with one attached hydrogen (secondary N) is 1. The molecule has 0 saturated heterocycles. The number of allylic oxidation sites excluding steroid dienone is 2. The van der Waals surface area contributed by atoms with Crippen molar-refractivity contribution in [3.05, 3.63) is 76.6 Å². The zero-order chi connectivity index (χ0) is 23.3. The van der Waals surface area contributed by atoms with Crippen molar-refractivity contribution < 1.29 is 9.18 Å². The van der Waals surface area contributed by atoms with Crippen LogP contribution in [0, 0.1) is 23.1 Å². The van der Waals surface area contributed by atoms with Crippen LogP contribution in [0.2, 0.25) is 0 Å². The van der Waals surface area contributed by atoms with Gasteiger partial charge in [0.2, 0.25) is 0 Å². The first-order valence-electron chi connectivity index (χ1n) is 12.2. The summed E-state index contributed by atoms with van der Waals surface area (Å²) in [6.45, 7) is 2.37. The smallest absolute Gasteiger partial charge is 0.175 e. The summed E-state index contributed by atoms with van der Waals surface area (Å²) in [7, 11) is 0. The van der Waals surface area contributed by atoms with Crippen molar-refractivity contribution in [3.8, 4) is 0 Å². The van der Waals surface area contributed by atoms with E-state index in [-0.39, 0.29) is 17.0 Å². The first-order chi connectivity index (χ1) is 16.5. The Morgan fingerprint density at radius 3 is 2.97 bits per heavy atom. The summed E-state index contributed by atoms with van der Waals surface area (Å²) in [6, 6.07) is 7.96. The third kappa shape index (κ3) is 3.49. The minimum Gasteiger partial charge on any atom is -0.294 e. The average molecular weight is 458 g/mol. The lowest BCUT2D eigenvalue weighted by atomic mass is 9.54. The normalized spacial score (nSPS) is 27.5. The highest BCUT2D eigenvalue weighted by atomic mass is 19.1. The first-order valence-corrected chi connectivity index (χ1v) is 12.2. The van der Waals surface area contributed by atoms with Crippen LogP contribution >= 0.6 is 0 Å². The number of benzene rings is 1. The number of ketones is 1. The van der Waals surface area contributed by atoms with Crippen LogP contribution in [0.15, 0.2) is 42.7 Å². The van der Waals surface area contributed by atoms with E-state index in [4.69, 9.17) is 0 Å². The molecule has 34 heavy (non-hydrogen) atoms. The molecule has 174 valence electrons. The van der Waals surface area contributed by atoms with E-state index in [2.05, 4.69) is 50.7 Å². The van der Waals surface area contributed by atoms with Crippen molar-refractivity contribution in [2.75, 3.05) is 0 Å². The van der Waals surface area contributed by atoms with E-state index in [1.165, 1.54) is 22.9 Å². The number of aromatic amines is 1. The lowest BCUT2D eigenvalue weighted by Crippen LogP contribution is -2.41. The van der Waals surface area contributed by atoms with Crippen molar-refractivity contribution in [2.45, 2.75) is 57.8 Å². The molecule has 0 bridgehead atoms. The number of fused-ring (bicyclic) bond motifs is 5. The predicted octanol–water partition coefficient (Wildman–Crippen LogP) is 5.10. The third-order valence-corrected chi connectivity index (χ3v) is 8.61. The number of H-pyrrole nitrogens is 1. The van der Waals surface area contributed by atoms with E-state index in [0.29, 0.717) is 36.4 Å². The van der Waals surface area contributed by atoms with Crippen LogP contribution in [0.4, 0.5) is 4.39 Å². The maximum Gasteiger partial charge on any atom is 0.175 e. The van der Waals surface area contributed by atoms with Gasteiger partial charge in [0.15, 0.2) is 11.6 Å². The first kappa shape index (κ1) is 21.3. The molecule has 1 fully saturated rings. The van der Waals surface area contributed by atoms with Gasteiger partial charge in [-0.2, -0.15) is 5.21 Å². The number of hydrogen-bond donors (Lipinski definition) is 1. The number of carbonyl (C=O) groups is 1. The number of hydrogen-bond acceptors (Lipinski definition) is 5. The van der Waals surface area contributed by atoms with Crippen LogP contribution in [0.25, 0.3) is 5.57 Å². The number of aromatic nitrogens is 5. The van der Waals surface area contributed by atoms with Crippen LogP contribution < -0.4 is 0 Å². The largest absolute Gasteiger partial charge is 0.294 e. The molecule has 1 N–H and O–H groups in total.